The summed E-state index contributed by atoms with van der Waals surface area (Å²) in [7, 11) is 0. The predicted molar refractivity (Wildman–Crippen MR) is 98.4 cm³/mol. The normalized spacial score (nSPS) is 16.0. The molecule has 0 amide bonds. The van der Waals surface area contributed by atoms with Crippen LogP contribution in [-0.4, -0.2) is 17.6 Å². The van der Waals surface area contributed by atoms with Crippen LogP contribution in [0, 0.1) is 0 Å². The Hall–Kier alpha value is -1.27. The second kappa shape index (κ2) is 7.53. The fraction of sp³-hybridized carbons (Fsp3) is 0.312. The number of guanidine groups is 1. The zero-order valence-corrected chi connectivity index (χ0v) is 15.2. The van der Waals surface area contributed by atoms with Gasteiger partial charge in [-0.2, -0.15) is 0 Å². The molecule has 0 aliphatic rings. The van der Waals surface area contributed by atoms with Gasteiger partial charge >= 0.3 is 0 Å². The summed E-state index contributed by atoms with van der Waals surface area (Å²) in [5.74, 6) is 0.250. The van der Waals surface area contributed by atoms with E-state index in [1.54, 1.807) is 19.1 Å². The van der Waals surface area contributed by atoms with E-state index in [4.69, 9.17) is 28.9 Å². The summed E-state index contributed by atoms with van der Waals surface area (Å²) in [4.78, 5) is 5.09. The van der Waals surface area contributed by atoms with E-state index in [1.165, 1.54) is 11.3 Å². The van der Waals surface area contributed by atoms with Crippen molar-refractivity contribution in [1.82, 2.24) is 5.32 Å². The SMILES string of the molecule is CC(NC(N)=NCC(C)(O)c1cccs1)c1ccc(Cl)cc1Cl. The zero-order valence-electron chi connectivity index (χ0n) is 12.9. The molecule has 4 nitrogen and oxygen atoms in total. The number of thiophene rings is 1. The summed E-state index contributed by atoms with van der Waals surface area (Å²) in [6, 6.07) is 8.94. The molecule has 2 rings (SSSR count). The van der Waals surface area contributed by atoms with Crippen molar-refractivity contribution in [1.29, 1.82) is 0 Å². The Balaban J connectivity index is 2.02. The van der Waals surface area contributed by atoms with Gasteiger partial charge in [0.25, 0.3) is 0 Å². The number of halogens is 2. The number of aliphatic imine (C=N–C) groups is 1. The first-order valence-corrected chi connectivity index (χ1v) is 8.71. The molecule has 4 N–H and O–H groups in total. The molecule has 0 fully saturated rings. The van der Waals surface area contributed by atoms with Gasteiger partial charge in [0.2, 0.25) is 0 Å². The fourth-order valence-electron chi connectivity index (χ4n) is 2.10. The van der Waals surface area contributed by atoms with Crippen LogP contribution < -0.4 is 11.1 Å². The van der Waals surface area contributed by atoms with Crippen LogP contribution in [0.5, 0.6) is 0 Å². The molecular weight excluding hydrogens is 353 g/mol. The average molecular weight is 372 g/mol. The van der Waals surface area contributed by atoms with Crippen molar-refractivity contribution in [3.8, 4) is 0 Å². The van der Waals surface area contributed by atoms with E-state index < -0.39 is 5.60 Å². The van der Waals surface area contributed by atoms with Crippen molar-refractivity contribution >= 4 is 40.5 Å². The third-order valence-corrected chi connectivity index (χ3v) is 5.09. The van der Waals surface area contributed by atoms with Crippen LogP contribution in [0.3, 0.4) is 0 Å². The summed E-state index contributed by atoms with van der Waals surface area (Å²) in [6.07, 6.45) is 0. The van der Waals surface area contributed by atoms with Gasteiger partial charge in [0, 0.05) is 14.9 Å². The Labute approximate surface area is 150 Å². The minimum Gasteiger partial charge on any atom is -0.383 e. The van der Waals surface area contributed by atoms with Crippen LogP contribution in [0.1, 0.15) is 30.3 Å². The Morgan fingerprint density at radius 1 is 1.43 bits per heavy atom. The van der Waals surface area contributed by atoms with Gasteiger partial charge in [0.1, 0.15) is 5.60 Å². The Morgan fingerprint density at radius 2 is 2.17 bits per heavy atom. The summed E-state index contributed by atoms with van der Waals surface area (Å²) in [5.41, 5.74) is 5.75. The fourth-order valence-corrected chi connectivity index (χ4v) is 3.45. The smallest absolute Gasteiger partial charge is 0.189 e. The van der Waals surface area contributed by atoms with Crippen molar-refractivity contribution in [2.24, 2.45) is 10.7 Å². The number of nitrogens with two attached hydrogens (primary N) is 1. The minimum absolute atomic E-state index is 0.129. The Morgan fingerprint density at radius 3 is 2.78 bits per heavy atom. The quantitative estimate of drug-likeness (QED) is 0.550. The number of hydrogen-bond donors (Lipinski definition) is 3. The lowest BCUT2D eigenvalue weighted by molar-refractivity contribution is 0.0712. The third-order valence-electron chi connectivity index (χ3n) is 3.40. The first-order chi connectivity index (χ1) is 10.8. The number of nitrogens with one attached hydrogen (secondary N) is 1. The molecule has 0 aliphatic heterocycles. The number of benzene rings is 1. The molecule has 2 atom stereocenters. The number of hydrogen-bond acceptors (Lipinski definition) is 3. The van der Waals surface area contributed by atoms with E-state index in [1.807, 2.05) is 30.5 Å². The first kappa shape index (κ1) is 18.1. The second-order valence-electron chi connectivity index (χ2n) is 5.48. The lowest BCUT2D eigenvalue weighted by Crippen LogP contribution is -2.36. The van der Waals surface area contributed by atoms with E-state index in [0.29, 0.717) is 10.0 Å². The van der Waals surface area contributed by atoms with Gasteiger partial charge < -0.3 is 16.2 Å². The maximum absolute atomic E-state index is 10.4. The molecule has 2 unspecified atom stereocenters. The molecule has 0 radical (unpaired) electrons. The monoisotopic (exact) mass is 371 g/mol. The number of nitrogens with zero attached hydrogens (tertiary/aromatic N) is 1. The summed E-state index contributed by atoms with van der Waals surface area (Å²) < 4.78 is 0. The van der Waals surface area contributed by atoms with Crippen LogP contribution in [0.15, 0.2) is 40.7 Å². The van der Waals surface area contributed by atoms with Gasteiger partial charge in [-0.3, -0.25) is 4.99 Å². The van der Waals surface area contributed by atoms with Gasteiger partial charge in [-0.05, 0) is 43.0 Å². The maximum Gasteiger partial charge on any atom is 0.189 e. The average Bonchev–Trinajstić information content (AvgIpc) is 3.00. The van der Waals surface area contributed by atoms with Crippen molar-refractivity contribution in [2.75, 3.05) is 6.54 Å². The van der Waals surface area contributed by atoms with Crippen LogP contribution in [0.4, 0.5) is 0 Å². The molecule has 1 aromatic heterocycles. The molecule has 2 aromatic rings. The van der Waals surface area contributed by atoms with Crippen LogP contribution in [-0.2, 0) is 5.60 Å². The molecule has 0 spiro atoms. The summed E-state index contributed by atoms with van der Waals surface area (Å²) >= 11 is 13.6. The predicted octanol–water partition coefficient (Wildman–Crippen LogP) is 3.93. The van der Waals surface area contributed by atoms with Crippen molar-refractivity contribution < 1.29 is 5.11 Å². The van der Waals surface area contributed by atoms with Crippen LogP contribution in [0.2, 0.25) is 10.0 Å². The largest absolute Gasteiger partial charge is 0.383 e. The van der Waals surface area contributed by atoms with E-state index in [9.17, 15) is 5.11 Å². The Bertz CT molecular complexity index is 687. The minimum atomic E-state index is -1.04. The molecule has 1 heterocycles. The van der Waals surface area contributed by atoms with Gasteiger partial charge in [-0.25, -0.2) is 0 Å². The lowest BCUT2D eigenvalue weighted by atomic mass is 10.1. The standard InChI is InChI=1S/C16H19Cl2N3OS/c1-10(12-6-5-11(17)8-13(12)18)21-15(19)20-9-16(2,22)14-4-3-7-23-14/h3-8,10,22H,9H2,1-2H3,(H3,19,20,21). The second-order valence-corrected chi connectivity index (χ2v) is 7.28. The van der Waals surface area contributed by atoms with Gasteiger partial charge in [0.05, 0.1) is 12.6 Å². The van der Waals surface area contributed by atoms with Crippen LogP contribution >= 0.6 is 34.5 Å². The van der Waals surface area contributed by atoms with Crippen molar-refractivity contribution in [2.45, 2.75) is 25.5 Å². The van der Waals surface area contributed by atoms with Gasteiger partial charge in [0.15, 0.2) is 5.96 Å². The highest BCUT2D eigenvalue weighted by Gasteiger charge is 2.24. The van der Waals surface area contributed by atoms with Crippen molar-refractivity contribution in [3.63, 3.8) is 0 Å². The summed E-state index contributed by atoms with van der Waals surface area (Å²) in [6.45, 7) is 3.82. The van der Waals surface area contributed by atoms with Gasteiger partial charge in [-0.15, -0.1) is 11.3 Å². The van der Waals surface area contributed by atoms with Gasteiger partial charge in [-0.1, -0.05) is 35.3 Å². The first-order valence-electron chi connectivity index (χ1n) is 7.07. The highest BCUT2D eigenvalue weighted by atomic mass is 35.5. The van der Waals surface area contributed by atoms with E-state index in [-0.39, 0.29) is 18.5 Å². The summed E-state index contributed by atoms with van der Waals surface area (Å²) in [5, 5.41) is 16.6. The zero-order chi connectivity index (χ0) is 17.0. The van der Waals surface area contributed by atoms with E-state index in [0.717, 1.165) is 10.4 Å². The van der Waals surface area contributed by atoms with Crippen molar-refractivity contribution in [3.05, 3.63) is 56.2 Å². The molecule has 0 saturated carbocycles. The Kier molecular flexibility index (Phi) is 5.92. The lowest BCUT2D eigenvalue weighted by Gasteiger charge is -2.21. The van der Waals surface area contributed by atoms with E-state index >= 15 is 0 Å². The van der Waals surface area contributed by atoms with E-state index in [2.05, 4.69) is 10.3 Å². The highest BCUT2D eigenvalue weighted by molar-refractivity contribution is 7.10. The molecule has 0 bridgehead atoms. The topological polar surface area (TPSA) is 70.6 Å². The number of rotatable bonds is 5. The molecule has 124 valence electrons. The molecule has 23 heavy (non-hydrogen) atoms. The molecule has 1 aromatic carbocycles. The molecular formula is C16H19Cl2N3OS. The molecule has 0 saturated heterocycles. The maximum atomic E-state index is 10.4. The molecule has 7 heteroatoms. The molecule has 0 aliphatic carbocycles. The third kappa shape index (κ3) is 4.85. The van der Waals surface area contributed by atoms with Crippen LogP contribution in [0.25, 0.3) is 0 Å². The highest BCUT2D eigenvalue weighted by Crippen LogP contribution is 2.27. The number of aliphatic hydroxyl groups is 1.